The summed E-state index contributed by atoms with van der Waals surface area (Å²) in [7, 11) is 0. The number of fused-ring (bicyclic) bond motifs is 4. The molecule has 7 aliphatic carbocycles. The molecular weight excluding hydrogens is 1560 g/mol. The minimum atomic E-state index is -0.736. The predicted molar refractivity (Wildman–Crippen MR) is 515 cm³/mol. The zero-order chi connectivity index (χ0) is 93.0. The van der Waals surface area contributed by atoms with Crippen molar-refractivity contribution in [3.8, 4) is 0 Å². The lowest BCUT2D eigenvalue weighted by Gasteiger charge is -2.50. The van der Waals surface area contributed by atoms with Crippen molar-refractivity contribution in [3.05, 3.63) is 245 Å². The smallest absolute Gasteiger partial charge is 0.161 e. The monoisotopic (exact) mass is 1730 g/mol. The molecule has 8 atom stereocenters. The van der Waals surface area contributed by atoms with Crippen LogP contribution in [0.5, 0.6) is 0 Å². The molecule has 124 heavy (non-hydrogen) atoms. The summed E-state index contributed by atoms with van der Waals surface area (Å²) in [6, 6.07) is 31.5. The molecule has 0 spiro atoms. The average Bonchev–Trinajstić information content (AvgIpc) is 1.49. The number of allylic oxidation sites excluding steroid dienone is 4. The summed E-state index contributed by atoms with van der Waals surface area (Å²) in [5.74, 6) is 4.06. The highest BCUT2D eigenvalue weighted by Gasteiger charge is 2.43. The van der Waals surface area contributed by atoms with Crippen LogP contribution in [0.2, 0.25) is 0 Å². The lowest BCUT2D eigenvalue weighted by Crippen LogP contribution is -2.37. The molecule has 4 heterocycles. The molecule has 12 heteroatoms. The van der Waals surface area contributed by atoms with Crippen LogP contribution in [0.1, 0.15) is 326 Å². The fraction of sp³-hybridized carbons (Fsp3) is 0.625. The number of ether oxygens (including phenoxy) is 5. The van der Waals surface area contributed by atoms with E-state index in [9.17, 15) is 30.7 Å². The van der Waals surface area contributed by atoms with E-state index in [4.69, 9.17) is 23.7 Å². The van der Waals surface area contributed by atoms with E-state index in [-0.39, 0.29) is 30.7 Å². The SMILES string of the molecule is CC12CCC(C)(CC1)CC2.CC1=C(F)CC(C)CC1.CC1=CCC(C)CC1.CC1=CCC(C)OC1.CC1CCC(C)CC1.CC1CCC(C)OC1.CC1CCC(C)OC1.CC1COC(C)OC1.Cc1cc(F)c(C)c(F)c1.Cc1ccc(C)c(F)c1.Cc1ccc(C)c(F)c1.Cc1ccc(C)c(F)c1F.Cc1ccc(C)cc1.Cc1ccc2c(c1)CC(C)C2.[HH]. The van der Waals surface area contributed by atoms with Gasteiger partial charge in [-0.1, -0.05) is 214 Å². The van der Waals surface area contributed by atoms with Gasteiger partial charge in [-0.3, -0.25) is 0 Å². The Kier molecular flexibility index (Phi) is 53.4. The summed E-state index contributed by atoms with van der Waals surface area (Å²) in [5.41, 5.74) is 17.4. The first-order valence-corrected chi connectivity index (χ1v) is 47.4. The minimum absolute atomic E-state index is 0. The first-order valence-electron chi connectivity index (χ1n) is 47.4. The van der Waals surface area contributed by atoms with Crippen molar-refractivity contribution in [1.82, 2.24) is 0 Å². The molecular formula is C112H173F7O5. The van der Waals surface area contributed by atoms with Crippen LogP contribution < -0.4 is 0 Å². The molecule has 8 unspecified atom stereocenters. The Hall–Kier alpha value is -6.15. The molecule has 4 aliphatic heterocycles. The normalized spacial score (nSPS) is 26.1. The van der Waals surface area contributed by atoms with Crippen LogP contribution in [0.25, 0.3) is 0 Å². The maximum Gasteiger partial charge on any atom is 0.161 e. The van der Waals surface area contributed by atoms with Gasteiger partial charge in [0.2, 0.25) is 0 Å². The molecule has 0 aromatic heterocycles. The third kappa shape index (κ3) is 48.3. The average molecular weight is 1730 g/mol. The Bertz CT molecular complexity index is 3750. The molecule has 0 radical (unpaired) electrons. The zero-order valence-corrected chi connectivity index (χ0v) is 82.9. The second-order valence-corrected chi connectivity index (χ2v) is 40.0. The van der Waals surface area contributed by atoms with Crippen molar-refractivity contribution in [2.75, 3.05) is 33.0 Å². The van der Waals surface area contributed by atoms with Gasteiger partial charge in [0, 0.05) is 32.5 Å². The van der Waals surface area contributed by atoms with Crippen LogP contribution in [0.15, 0.2) is 138 Å². The van der Waals surface area contributed by atoms with E-state index in [1.807, 2.05) is 39.8 Å². The van der Waals surface area contributed by atoms with Gasteiger partial charge in [0.1, 0.15) is 23.3 Å². The Morgan fingerprint density at radius 1 is 0.298 bits per heavy atom. The van der Waals surface area contributed by atoms with Crippen LogP contribution >= 0.6 is 0 Å². The van der Waals surface area contributed by atoms with Crippen LogP contribution in [0.3, 0.4) is 0 Å². The van der Waals surface area contributed by atoms with Crippen molar-refractivity contribution in [1.29, 1.82) is 0 Å². The van der Waals surface area contributed by atoms with Gasteiger partial charge in [0.05, 0.1) is 44.0 Å². The molecule has 3 saturated heterocycles. The molecule has 4 saturated carbocycles. The van der Waals surface area contributed by atoms with Gasteiger partial charge in [0.25, 0.3) is 0 Å². The van der Waals surface area contributed by atoms with E-state index in [1.54, 1.807) is 61.7 Å². The minimum Gasteiger partial charge on any atom is -0.378 e. The van der Waals surface area contributed by atoms with Crippen molar-refractivity contribution >= 4 is 0 Å². The molecule has 0 amide bonds. The Labute approximate surface area is 754 Å². The molecule has 700 valence electrons. The van der Waals surface area contributed by atoms with Gasteiger partial charge in [-0.2, -0.15) is 0 Å². The van der Waals surface area contributed by atoms with Crippen LogP contribution in [0.4, 0.5) is 30.7 Å². The maximum absolute atomic E-state index is 12.7. The molecule has 2 bridgehead atoms. The number of benzene rings is 6. The number of hydrogen-bond acceptors (Lipinski definition) is 5. The van der Waals surface area contributed by atoms with Gasteiger partial charge in [-0.15, -0.1) is 0 Å². The van der Waals surface area contributed by atoms with E-state index in [1.165, 1.54) is 196 Å². The number of hydrogen-bond donors (Lipinski definition) is 0. The van der Waals surface area contributed by atoms with Crippen molar-refractivity contribution in [2.24, 2.45) is 58.2 Å². The van der Waals surface area contributed by atoms with Gasteiger partial charge in [-0.25, -0.2) is 30.7 Å². The van der Waals surface area contributed by atoms with Crippen LogP contribution in [-0.4, -0.2) is 57.6 Å². The lowest BCUT2D eigenvalue weighted by molar-refractivity contribution is -0.187. The van der Waals surface area contributed by atoms with Crippen LogP contribution in [0, 0.1) is 169 Å². The van der Waals surface area contributed by atoms with E-state index < -0.39 is 23.3 Å². The first-order chi connectivity index (χ1) is 58.2. The quantitative estimate of drug-likeness (QED) is 0.112. The molecule has 7 fully saturated rings. The molecule has 11 aliphatic rings. The van der Waals surface area contributed by atoms with Crippen molar-refractivity contribution < 1.29 is 55.8 Å². The highest BCUT2D eigenvalue weighted by Crippen LogP contribution is 2.56. The van der Waals surface area contributed by atoms with E-state index in [2.05, 4.69) is 179 Å². The van der Waals surface area contributed by atoms with Gasteiger partial charge >= 0.3 is 0 Å². The molecule has 0 N–H and O–H groups in total. The highest BCUT2D eigenvalue weighted by molar-refractivity contribution is 5.35. The largest absolute Gasteiger partial charge is 0.378 e. The fourth-order valence-electron chi connectivity index (χ4n) is 15.3. The van der Waals surface area contributed by atoms with Crippen molar-refractivity contribution in [2.45, 2.75) is 366 Å². The molecule has 5 nitrogen and oxygen atoms in total. The summed E-state index contributed by atoms with van der Waals surface area (Å²) in [5, 5.41) is 0. The zero-order valence-electron chi connectivity index (χ0n) is 82.9. The van der Waals surface area contributed by atoms with Crippen molar-refractivity contribution in [3.63, 3.8) is 0 Å². The second kappa shape index (κ2) is 59.1. The van der Waals surface area contributed by atoms with E-state index >= 15 is 0 Å². The van der Waals surface area contributed by atoms with E-state index in [0.717, 1.165) is 109 Å². The standard InChI is InChI=1S/C11H14.C10H18.2C8H8F2.C8H13F.2C8H9F.C8H16.C8H14.C8H10.2C7H14O.C7H12O.C6H12O2.H2/c1-8-3-4-10-6-9(2)7-11(10)5-8;1-9-3-6-10(2,7-4-9)8-5-9;1-5-3-7(9)6(2)8(10)4-5;1-5-3-4-6(2)8(10)7(5)9;3*1-6-3-4-7(2)8(9)5-6;3*1-7-3-5-8(2)6-4-7;3*1-6-3-4-7(2)8-5-6;1-5-3-7-6(2)8-4-5;/h3-5,9H,6-7H2,1-2H3;3-8H2,1-2H3;2*3-4H,1-2H3;6H,3-5H2,1-2H3;2*3-5H,1-2H3;7-8H,3-6H2,1-2H3;3,8H,4-6H2,1-2H3;3-6H,1-2H3;2*6-7H,3-5H2,1-2H3;3,7H,4-5H2,1-2H3;5-6H,3-4H2,1-2H3;1H. The second-order valence-electron chi connectivity index (χ2n) is 40.0. The first kappa shape index (κ1) is 112. The predicted octanol–water partition coefficient (Wildman–Crippen LogP) is 33.7. The number of aryl methyl sites for hydroxylation is 10. The molecule has 17 rings (SSSR count). The van der Waals surface area contributed by atoms with Crippen LogP contribution in [-0.2, 0) is 36.5 Å². The third-order valence-electron chi connectivity index (χ3n) is 25.6. The molecule has 6 aromatic rings. The third-order valence-corrected chi connectivity index (χ3v) is 25.6. The number of halogens is 7. The fourth-order valence-corrected chi connectivity index (χ4v) is 15.3. The Balaban J connectivity index is 0.000000456. The molecule has 6 aromatic carbocycles. The maximum atomic E-state index is 12.7. The van der Waals surface area contributed by atoms with Gasteiger partial charge < -0.3 is 23.7 Å². The topological polar surface area (TPSA) is 46.2 Å². The summed E-state index contributed by atoms with van der Waals surface area (Å²) in [6.45, 7) is 61.8. The number of rotatable bonds is 0. The van der Waals surface area contributed by atoms with Gasteiger partial charge in [-0.05, 0) is 372 Å². The Morgan fingerprint density at radius 2 is 0.669 bits per heavy atom. The van der Waals surface area contributed by atoms with E-state index in [0.29, 0.717) is 64.4 Å². The summed E-state index contributed by atoms with van der Waals surface area (Å²) in [4.78, 5) is 0. The van der Waals surface area contributed by atoms with Gasteiger partial charge in [0.15, 0.2) is 17.9 Å². The summed E-state index contributed by atoms with van der Waals surface area (Å²) >= 11 is 0. The summed E-state index contributed by atoms with van der Waals surface area (Å²) < 4.78 is 115. The lowest BCUT2D eigenvalue weighted by atomic mass is 9.55. The Morgan fingerprint density at radius 3 is 1.01 bits per heavy atom. The summed E-state index contributed by atoms with van der Waals surface area (Å²) in [6.07, 6.45) is 36.7. The highest BCUT2D eigenvalue weighted by atomic mass is 19.2.